The third-order valence-corrected chi connectivity index (χ3v) is 9.69. The van der Waals surface area contributed by atoms with Crippen molar-refractivity contribution in [3.05, 3.63) is 40.6 Å². The predicted molar refractivity (Wildman–Crippen MR) is 143 cm³/mol. The van der Waals surface area contributed by atoms with Gasteiger partial charge in [-0.3, -0.25) is 4.90 Å². The Balaban J connectivity index is 1.22. The molecule has 0 amide bonds. The standard InChI is InChI=1S/C29H37F3N6O/c1-19-5-2-6-24(25(19)29(30,31)32)36-14-9-22-23(17-36)34-27(39-18-28-10-3-12-38(28)13-4-11-28)35-26(22)37-15-20-7-8-21(16-37)33-20/h2,5-6,20-21,33H,3-4,7-18H2,1H3. The van der Waals surface area contributed by atoms with Gasteiger partial charge >= 0.3 is 12.2 Å². The molecule has 0 saturated carbocycles. The van der Waals surface area contributed by atoms with Crippen LogP contribution in [0.4, 0.5) is 24.7 Å². The first-order chi connectivity index (χ1) is 18.8. The van der Waals surface area contributed by atoms with Crippen LogP contribution in [0.15, 0.2) is 18.2 Å². The zero-order chi connectivity index (χ0) is 26.8. The van der Waals surface area contributed by atoms with Gasteiger partial charge in [0.15, 0.2) is 0 Å². The molecule has 0 spiro atoms. The van der Waals surface area contributed by atoms with Crippen LogP contribution in [-0.4, -0.2) is 71.8 Å². The third-order valence-electron chi connectivity index (χ3n) is 9.69. The van der Waals surface area contributed by atoms with E-state index in [1.54, 1.807) is 12.1 Å². The number of ether oxygens (including phenoxy) is 1. The van der Waals surface area contributed by atoms with E-state index in [0.717, 1.165) is 68.9 Å². The number of aromatic nitrogens is 2. The minimum atomic E-state index is -4.42. The van der Waals surface area contributed by atoms with Crippen LogP contribution >= 0.6 is 0 Å². The molecule has 1 aromatic carbocycles. The van der Waals surface area contributed by atoms with Crippen molar-refractivity contribution in [3.63, 3.8) is 0 Å². The number of nitrogens with zero attached hydrogens (tertiary/aromatic N) is 5. The summed E-state index contributed by atoms with van der Waals surface area (Å²) in [6.45, 7) is 6.92. The van der Waals surface area contributed by atoms with Crippen molar-refractivity contribution in [2.24, 2.45) is 0 Å². The average Bonchev–Trinajstić information content (AvgIpc) is 3.59. The Morgan fingerprint density at radius 2 is 1.77 bits per heavy atom. The highest BCUT2D eigenvalue weighted by atomic mass is 19.4. The first-order valence-corrected chi connectivity index (χ1v) is 14.5. The first-order valence-electron chi connectivity index (χ1n) is 14.5. The van der Waals surface area contributed by atoms with Crippen molar-refractivity contribution >= 4 is 11.5 Å². The molecule has 0 aliphatic carbocycles. The Morgan fingerprint density at radius 3 is 2.49 bits per heavy atom. The van der Waals surface area contributed by atoms with Crippen LogP contribution in [0.2, 0.25) is 0 Å². The highest BCUT2D eigenvalue weighted by Gasteiger charge is 2.45. The van der Waals surface area contributed by atoms with Crippen LogP contribution in [0.5, 0.6) is 6.01 Å². The molecule has 10 heteroatoms. The van der Waals surface area contributed by atoms with E-state index in [1.807, 2.05) is 4.90 Å². The fraction of sp³-hybridized carbons (Fsp3) is 0.655. The topological polar surface area (TPSA) is 56.8 Å². The Morgan fingerprint density at radius 1 is 1.03 bits per heavy atom. The summed E-state index contributed by atoms with van der Waals surface area (Å²) < 4.78 is 48.6. The van der Waals surface area contributed by atoms with Crippen LogP contribution in [0.3, 0.4) is 0 Å². The molecule has 1 N–H and O–H groups in total. The summed E-state index contributed by atoms with van der Waals surface area (Å²) >= 11 is 0. The molecule has 5 aliphatic rings. The van der Waals surface area contributed by atoms with Gasteiger partial charge in [0, 0.05) is 43.0 Å². The van der Waals surface area contributed by atoms with Crippen LogP contribution in [0, 0.1) is 6.92 Å². The van der Waals surface area contributed by atoms with Gasteiger partial charge in [-0.1, -0.05) is 12.1 Å². The predicted octanol–water partition coefficient (Wildman–Crippen LogP) is 4.31. The zero-order valence-corrected chi connectivity index (χ0v) is 22.6. The van der Waals surface area contributed by atoms with Crippen LogP contribution in [0.25, 0.3) is 0 Å². The molecule has 4 fully saturated rings. The molecule has 0 radical (unpaired) electrons. The maximum Gasteiger partial charge on any atom is 0.418 e. The lowest BCUT2D eigenvalue weighted by molar-refractivity contribution is -0.137. The molecule has 2 bridgehead atoms. The van der Waals surface area contributed by atoms with Crippen molar-refractivity contribution in [2.45, 2.75) is 82.2 Å². The second kappa shape index (κ2) is 9.51. The van der Waals surface area contributed by atoms with E-state index in [2.05, 4.69) is 15.1 Å². The molecular weight excluding hydrogens is 505 g/mol. The molecule has 7 nitrogen and oxygen atoms in total. The van der Waals surface area contributed by atoms with Crippen molar-refractivity contribution in [1.29, 1.82) is 0 Å². The second-order valence-corrected chi connectivity index (χ2v) is 12.1. The molecule has 4 saturated heterocycles. The number of nitrogens with one attached hydrogen (secondary N) is 1. The van der Waals surface area contributed by atoms with Gasteiger partial charge in [0.1, 0.15) is 12.4 Å². The molecule has 2 atom stereocenters. The molecule has 5 aliphatic heterocycles. The van der Waals surface area contributed by atoms with E-state index >= 15 is 0 Å². The number of alkyl halides is 3. The Hall–Kier alpha value is -2.59. The lowest BCUT2D eigenvalue weighted by Gasteiger charge is -2.38. The summed E-state index contributed by atoms with van der Waals surface area (Å²) in [6.07, 6.45) is 3.16. The van der Waals surface area contributed by atoms with E-state index in [1.165, 1.54) is 25.8 Å². The molecule has 6 heterocycles. The normalized spacial score (nSPS) is 26.2. The Bertz CT molecular complexity index is 1230. The average molecular weight is 543 g/mol. The van der Waals surface area contributed by atoms with E-state index < -0.39 is 11.7 Å². The molecule has 2 aromatic rings. The van der Waals surface area contributed by atoms with Gasteiger partial charge < -0.3 is 19.9 Å². The molecule has 210 valence electrons. The Kier molecular flexibility index (Phi) is 6.19. The smallest absolute Gasteiger partial charge is 0.418 e. The van der Waals surface area contributed by atoms with Gasteiger partial charge in [-0.25, -0.2) is 0 Å². The zero-order valence-electron chi connectivity index (χ0n) is 22.6. The number of hydrogen-bond donors (Lipinski definition) is 1. The number of benzene rings is 1. The quantitative estimate of drug-likeness (QED) is 0.604. The summed E-state index contributed by atoms with van der Waals surface area (Å²) in [5.41, 5.74) is 1.83. The van der Waals surface area contributed by atoms with Gasteiger partial charge in [-0.15, -0.1) is 0 Å². The summed E-state index contributed by atoms with van der Waals surface area (Å²) in [5, 5.41) is 3.69. The first kappa shape index (κ1) is 25.4. The fourth-order valence-corrected chi connectivity index (χ4v) is 7.83. The highest BCUT2D eigenvalue weighted by Crippen LogP contribution is 2.42. The van der Waals surface area contributed by atoms with Gasteiger partial charge in [0.25, 0.3) is 0 Å². The van der Waals surface area contributed by atoms with Crippen molar-refractivity contribution in [3.8, 4) is 6.01 Å². The second-order valence-electron chi connectivity index (χ2n) is 12.1. The van der Waals surface area contributed by atoms with E-state index in [-0.39, 0.29) is 16.8 Å². The lowest BCUT2D eigenvalue weighted by atomic mass is 9.95. The van der Waals surface area contributed by atoms with E-state index in [0.29, 0.717) is 44.2 Å². The highest BCUT2D eigenvalue weighted by molar-refractivity contribution is 5.61. The molecule has 39 heavy (non-hydrogen) atoms. The summed E-state index contributed by atoms with van der Waals surface area (Å²) in [6, 6.07) is 6.09. The lowest BCUT2D eigenvalue weighted by Crippen LogP contribution is -2.52. The summed E-state index contributed by atoms with van der Waals surface area (Å²) in [7, 11) is 0. The van der Waals surface area contributed by atoms with Crippen LogP contribution in [0.1, 0.15) is 60.9 Å². The van der Waals surface area contributed by atoms with E-state index in [4.69, 9.17) is 14.7 Å². The van der Waals surface area contributed by atoms with Crippen molar-refractivity contribution < 1.29 is 17.9 Å². The molecular formula is C29H37F3N6O. The molecule has 7 rings (SSSR count). The molecule has 2 unspecified atom stereocenters. The molecule has 1 aromatic heterocycles. The van der Waals surface area contributed by atoms with Gasteiger partial charge in [0.2, 0.25) is 0 Å². The SMILES string of the molecule is Cc1cccc(N2CCc3c(nc(OCC45CCCN4CCC5)nc3N3CC4CCC(C3)N4)C2)c1C(F)(F)F. The monoisotopic (exact) mass is 542 g/mol. The van der Waals surface area contributed by atoms with Crippen LogP contribution < -0.4 is 19.9 Å². The summed E-state index contributed by atoms with van der Waals surface area (Å²) in [5.74, 6) is 0.917. The number of aryl methyl sites for hydroxylation is 1. The van der Waals surface area contributed by atoms with Gasteiger partial charge in [-0.05, 0) is 76.6 Å². The number of fused-ring (bicyclic) bond motifs is 4. The summed E-state index contributed by atoms with van der Waals surface area (Å²) in [4.78, 5) is 16.6. The maximum atomic E-state index is 14.1. The largest absolute Gasteiger partial charge is 0.461 e. The number of anilines is 2. The number of piperazine rings is 1. The Labute approximate surface area is 227 Å². The van der Waals surface area contributed by atoms with Crippen molar-refractivity contribution in [2.75, 3.05) is 49.1 Å². The number of hydrogen-bond acceptors (Lipinski definition) is 7. The number of halogens is 3. The van der Waals surface area contributed by atoms with Crippen molar-refractivity contribution in [1.82, 2.24) is 20.2 Å². The van der Waals surface area contributed by atoms with Crippen LogP contribution in [-0.2, 0) is 19.1 Å². The van der Waals surface area contributed by atoms with Gasteiger partial charge in [-0.2, -0.15) is 23.1 Å². The maximum absolute atomic E-state index is 14.1. The third kappa shape index (κ3) is 4.53. The van der Waals surface area contributed by atoms with E-state index in [9.17, 15) is 13.2 Å². The van der Waals surface area contributed by atoms with Gasteiger partial charge in [0.05, 0.1) is 23.3 Å². The minimum absolute atomic E-state index is 0.0722. The number of rotatable bonds is 5. The fourth-order valence-electron chi connectivity index (χ4n) is 7.83. The minimum Gasteiger partial charge on any atom is -0.461 e.